The third-order valence-corrected chi connectivity index (χ3v) is 13.5. The zero-order valence-corrected chi connectivity index (χ0v) is 36.0. The number of hydrogen-bond donors (Lipinski definition) is 3. The van der Waals surface area contributed by atoms with Gasteiger partial charge in [-0.2, -0.15) is 0 Å². The number of aromatic nitrogens is 1. The van der Waals surface area contributed by atoms with Gasteiger partial charge in [-0.25, -0.2) is 24.4 Å². The van der Waals surface area contributed by atoms with E-state index in [1.165, 1.54) is 77.4 Å². The van der Waals surface area contributed by atoms with Gasteiger partial charge in [0.1, 0.15) is 6.61 Å². The minimum atomic E-state index is -1.57. The maximum Gasteiger partial charge on any atom is 0.416 e. The van der Waals surface area contributed by atoms with Crippen LogP contribution in [0.2, 0.25) is 0 Å². The standard InChI is InChI=1S/C41H44N6O14S2/c1-21-12-29-38(50)45(40(52)53)27-16-33(31(57-4)14-24(27)36(48)43(29)18-21)59-10-7-11-60-34-17-28-25(15-32(34)58-5)37(49)44-19-22(2)13-30(44)39(51)46(28)41(54)61-20-23(3)62-63-35-26(47(55)56)8-6-9-42-35/h6,8-9,14-17,23,29-30,38-39,50-51H,1-2,7,10-13,18-20H2,3-5H3,(H,52,53)/t23?,29-,30-,38-,39-/m0/s1. The first-order valence-corrected chi connectivity index (χ1v) is 21.8. The average molecular weight is 909 g/mol. The van der Waals surface area contributed by atoms with Gasteiger partial charge < -0.3 is 48.8 Å². The molecule has 0 spiro atoms. The first kappa shape index (κ1) is 44.8. The lowest BCUT2D eigenvalue weighted by Gasteiger charge is -2.31. The average Bonchev–Trinajstić information content (AvgIpc) is 3.82. The molecule has 5 heterocycles. The Kier molecular flexibility index (Phi) is 13.3. The highest BCUT2D eigenvalue weighted by Gasteiger charge is 2.48. The maximum absolute atomic E-state index is 14.0. The van der Waals surface area contributed by atoms with Gasteiger partial charge in [0.25, 0.3) is 11.8 Å². The van der Waals surface area contributed by atoms with Crippen molar-refractivity contribution in [1.82, 2.24) is 14.8 Å². The van der Waals surface area contributed by atoms with E-state index in [1.54, 1.807) is 6.92 Å². The highest BCUT2D eigenvalue weighted by atomic mass is 33.1. The lowest BCUT2D eigenvalue weighted by Crippen LogP contribution is -2.51. The number of amides is 4. The number of anilines is 2. The van der Waals surface area contributed by atoms with Gasteiger partial charge in [-0.3, -0.25) is 19.7 Å². The molecular formula is C41H44N6O14S2. The Morgan fingerprint density at radius 3 is 1.92 bits per heavy atom. The number of pyridine rings is 1. The number of aliphatic hydroxyl groups excluding tert-OH is 2. The number of carboxylic acid groups (broad SMARTS) is 1. The van der Waals surface area contributed by atoms with Crippen LogP contribution in [-0.4, -0.2) is 136 Å². The topological polar surface area (TPSA) is 244 Å². The van der Waals surface area contributed by atoms with Crippen LogP contribution >= 0.6 is 21.6 Å². The van der Waals surface area contributed by atoms with Gasteiger partial charge in [-0.05, 0) is 48.8 Å². The van der Waals surface area contributed by atoms with E-state index in [2.05, 4.69) is 18.1 Å². The molecule has 334 valence electrons. The second-order valence-electron chi connectivity index (χ2n) is 15.0. The zero-order chi connectivity index (χ0) is 45.3. The molecule has 2 aromatic carbocycles. The fourth-order valence-electron chi connectivity index (χ4n) is 7.80. The van der Waals surface area contributed by atoms with Crippen LogP contribution < -0.4 is 28.7 Å². The minimum absolute atomic E-state index is 0.00110. The molecule has 0 aliphatic carbocycles. The molecule has 0 bridgehead atoms. The minimum Gasteiger partial charge on any atom is -0.493 e. The Balaban J connectivity index is 1.07. The summed E-state index contributed by atoms with van der Waals surface area (Å²) in [5.74, 6) is -0.444. The van der Waals surface area contributed by atoms with Crippen molar-refractivity contribution in [3.63, 3.8) is 0 Å². The van der Waals surface area contributed by atoms with E-state index in [1.807, 2.05) is 0 Å². The summed E-state index contributed by atoms with van der Waals surface area (Å²) >= 11 is 0. The van der Waals surface area contributed by atoms with Crippen LogP contribution in [-0.2, 0) is 4.74 Å². The van der Waals surface area contributed by atoms with E-state index >= 15 is 0 Å². The number of ether oxygens (including phenoxy) is 5. The molecule has 3 aromatic rings. The van der Waals surface area contributed by atoms with Gasteiger partial charge in [-0.1, -0.05) is 35.1 Å². The van der Waals surface area contributed by atoms with E-state index in [0.717, 1.165) is 20.6 Å². The van der Waals surface area contributed by atoms with Crippen molar-refractivity contribution in [2.24, 2.45) is 0 Å². The van der Waals surface area contributed by atoms with Gasteiger partial charge in [-0.15, -0.1) is 0 Å². The van der Waals surface area contributed by atoms with E-state index in [9.17, 15) is 44.6 Å². The molecule has 4 aliphatic heterocycles. The first-order valence-electron chi connectivity index (χ1n) is 19.5. The predicted octanol–water partition coefficient (Wildman–Crippen LogP) is 5.32. The molecule has 7 rings (SSSR count). The number of nitro groups is 1. The lowest BCUT2D eigenvalue weighted by atomic mass is 10.1. The van der Waals surface area contributed by atoms with Crippen molar-refractivity contribution in [2.75, 3.05) is 56.9 Å². The highest BCUT2D eigenvalue weighted by Crippen LogP contribution is 2.44. The zero-order valence-electron chi connectivity index (χ0n) is 34.3. The Labute approximate surface area is 368 Å². The van der Waals surface area contributed by atoms with Crippen molar-refractivity contribution in [1.29, 1.82) is 0 Å². The second-order valence-corrected chi connectivity index (χ2v) is 17.6. The fourth-order valence-corrected chi connectivity index (χ4v) is 9.83. The van der Waals surface area contributed by atoms with Crippen molar-refractivity contribution >= 4 is 62.7 Å². The summed E-state index contributed by atoms with van der Waals surface area (Å²) in [6, 6.07) is 6.66. The van der Waals surface area contributed by atoms with E-state index < -0.39 is 53.5 Å². The van der Waals surface area contributed by atoms with Crippen molar-refractivity contribution in [3.8, 4) is 23.0 Å². The van der Waals surface area contributed by atoms with E-state index in [-0.39, 0.29) is 114 Å². The van der Waals surface area contributed by atoms with Crippen LogP contribution in [0, 0.1) is 10.1 Å². The Bertz CT molecular complexity index is 2370. The van der Waals surface area contributed by atoms with Crippen LogP contribution in [0.15, 0.2) is 71.9 Å². The van der Waals surface area contributed by atoms with Crippen LogP contribution in [0.3, 0.4) is 0 Å². The molecule has 1 unspecified atom stereocenters. The number of carbonyl (C=O) groups excluding carboxylic acids is 3. The third-order valence-electron chi connectivity index (χ3n) is 10.8. The summed E-state index contributed by atoms with van der Waals surface area (Å²) in [7, 11) is 5.00. The number of methoxy groups -OCH3 is 2. The van der Waals surface area contributed by atoms with Crippen LogP contribution in [0.25, 0.3) is 0 Å². The van der Waals surface area contributed by atoms with Crippen molar-refractivity contribution in [2.45, 2.75) is 61.0 Å². The lowest BCUT2D eigenvalue weighted by molar-refractivity contribution is -0.388. The van der Waals surface area contributed by atoms with E-state index in [4.69, 9.17) is 23.7 Å². The number of rotatable bonds is 14. The quantitative estimate of drug-likeness (QED) is 0.0609. The molecular weight excluding hydrogens is 865 g/mol. The second kappa shape index (κ2) is 18.6. The van der Waals surface area contributed by atoms with Crippen molar-refractivity contribution < 1.29 is 63.1 Å². The molecule has 1 aromatic heterocycles. The maximum atomic E-state index is 14.0. The van der Waals surface area contributed by atoms with Gasteiger partial charge >= 0.3 is 17.9 Å². The summed E-state index contributed by atoms with van der Waals surface area (Å²) in [5.41, 5.74) is 1.18. The summed E-state index contributed by atoms with van der Waals surface area (Å²) in [4.78, 5) is 73.6. The summed E-state index contributed by atoms with van der Waals surface area (Å²) in [6.45, 7) is 9.81. The van der Waals surface area contributed by atoms with Gasteiger partial charge in [0.05, 0.1) is 66.9 Å². The summed E-state index contributed by atoms with van der Waals surface area (Å²) in [5, 5.41) is 44.3. The molecule has 20 nitrogen and oxygen atoms in total. The monoisotopic (exact) mass is 908 g/mol. The van der Waals surface area contributed by atoms with Crippen LogP contribution in [0.1, 0.15) is 46.9 Å². The number of nitrogens with zero attached hydrogens (tertiary/aromatic N) is 6. The first-order chi connectivity index (χ1) is 30.1. The number of aliphatic hydroxyl groups is 2. The summed E-state index contributed by atoms with van der Waals surface area (Å²) < 4.78 is 28.9. The van der Waals surface area contributed by atoms with Crippen molar-refractivity contribution in [3.05, 3.63) is 88.1 Å². The van der Waals surface area contributed by atoms with Gasteiger partial charge in [0, 0.05) is 49.2 Å². The van der Waals surface area contributed by atoms with Gasteiger partial charge in [0.2, 0.25) is 0 Å². The van der Waals surface area contributed by atoms with Crippen LogP contribution in [0.4, 0.5) is 26.7 Å². The highest BCUT2D eigenvalue weighted by molar-refractivity contribution is 8.77. The molecule has 2 saturated heterocycles. The molecule has 22 heteroatoms. The van der Waals surface area contributed by atoms with Gasteiger partial charge in [0.15, 0.2) is 40.5 Å². The SMILES string of the molecule is C=C1C[C@H]2[C@H](O)N(C(=O)O)c3cc(OCCCOc4cc5c(cc4OC)C(=O)N4CC(=C)C[C@H]4[C@H](O)N5C(=O)OCC(C)SSc4ncccc4[N+](=O)[O-])c(OC)cc3C(=O)N2C1. The number of fused-ring (bicyclic) bond motifs is 4. The molecule has 0 saturated carbocycles. The number of hydrogen-bond acceptors (Lipinski definition) is 16. The molecule has 4 aliphatic rings. The molecule has 5 atom stereocenters. The summed E-state index contributed by atoms with van der Waals surface area (Å²) in [6.07, 6.45) is -3.43. The largest absolute Gasteiger partial charge is 0.493 e. The predicted molar refractivity (Wildman–Crippen MR) is 229 cm³/mol. The normalized spacial score (nSPS) is 20.8. The smallest absolute Gasteiger partial charge is 0.416 e. The number of benzene rings is 2. The molecule has 3 N–H and O–H groups in total. The van der Waals surface area contributed by atoms with E-state index in [0.29, 0.717) is 11.1 Å². The molecule has 0 radical (unpaired) electrons. The van der Waals surface area contributed by atoms with Crippen LogP contribution in [0.5, 0.6) is 23.0 Å². The Morgan fingerprint density at radius 2 is 1.41 bits per heavy atom. The molecule has 4 amide bonds. The molecule has 2 fully saturated rings. The number of carbonyl (C=O) groups is 4. The fraction of sp³-hybridized carbons (Fsp3) is 0.390. The Hall–Kier alpha value is -6.23. The molecule has 63 heavy (non-hydrogen) atoms. The third kappa shape index (κ3) is 8.88. The Morgan fingerprint density at radius 1 is 0.889 bits per heavy atom.